The van der Waals surface area contributed by atoms with Crippen LogP contribution >= 0.6 is 0 Å². The fourth-order valence-corrected chi connectivity index (χ4v) is 2.22. The summed E-state index contributed by atoms with van der Waals surface area (Å²) < 4.78 is 26.6. The first-order valence-electron chi connectivity index (χ1n) is 6.04. The van der Waals surface area contributed by atoms with Crippen molar-refractivity contribution in [2.75, 3.05) is 11.4 Å². The van der Waals surface area contributed by atoms with Crippen molar-refractivity contribution >= 4 is 17.6 Å². The average molecular weight is 268 g/mol. The molecule has 1 saturated heterocycles. The number of carbonyl (C=O) groups excluding carboxylic acids is 2. The molecule has 1 heterocycles. The Bertz CT molecular complexity index is 533. The molecule has 102 valence electrons. The normalized spacial score (nSPS) is 20.1. The summed E-state index contributed by atoms with van der Waals surface area (Å²) in [5.41, 5.74) is -0.207. The van der Waals surface area contributed by atoms with Gasteiger partial charge in [0.25, 0.3) is 0 Å². The molecule has 1 unspecified atom stereocenters. The van der Waals surface area contributed by atoms with E-state index in [0.29, 0.717) is 12.6 Å². The van der Waals surface area contributed by atoms with Crippen molar-refractivity contribution in [1.29, 1.82) is 0 Å². The largest absolute Gasteiger partial charge is 0.331 e. The summed E-state index contributed by atoms with van der Waals surface area (Å²) in [6.07, 6.45) is 0.121. The predicted octanol–water partition coefficient (Wildman–Crippen LogP) is 2.53. The van der Waals surface area contributed by atoms with Crippen LogP contribution in [0, 0.1) is 11.6 Å². The summed E-state index contributed by atoms with van der Waals surface area (Å²) in [5.74, 6) is -2.15. The minimum atomic E-state index is -0.924. The third-order valence-corrected chi connectivity index (χ3v) is 3.18. The molecule has 1 aromatic carbocycles. The fraction of sp³-hybridized carbons (Fsp3) is 0.385. The summed E-state index contributed by atoms with van der Waals surface area (Å²) in [6, 6.07) is 1.99. The molecule has 3 amide bonds. The van der Waals surface area contributed by atoms with Gasteiger partial charge in [0.1, 0.15) is 11.6 Å². The van der Waals surface area contributed by atoms with E-state index in [1.54, 1.807) is 13.8 Å². The Labute approximate surface area is 109 Å². The third-order valence-electron chi connectivity index (χ3n) is 3.18. The molecular weight excluding hydrogens is 254 g/mol. The lowest BCUT2D eigenvalue weighted by Gasteiger charge is -2.38. The second kappa shape index (κ2) is 4.95. The zero-order valence-corrected chi connectivity index (χ0v) is 10.7. The highest BCUT2D eigenvalue weighted by atomic mass is 19.1. The lowest BCUT2D eigenvalue weighted by Crippen LogP contribution is -2.56. The maximum Gasteiger partial charge on any atom is 0.331 e. The number of imide groups is 1. The maximum atomic E-state index is 13.7. The molecule has 1 aliphatic heterocycles. The lowest BCUT2D eigenvalue weighted by atomic mass is 10.1. The number of nitrogens with zero attached hydrogens (tertiary/aromatic N) is 2. The van der Waals surface area contributed by atoms with Crippen LogP contribution < -0.4 is 4.90 Å². The molecule has 0 radical (unpaired) electrons. The lowest BCUT2D eigenvalue weighted by molar-refractivity contribution is -0.120. The zero-order chi connectivity index (χ0) is 14.2. The number of amides is 3. The van der Waals surface area contributed by atoms with Crippen LogP contribution in [0.5, 0.6) is 0 Å². The molecular formula is C13H14F2N2O2. The number of carbonyl (C=O) groups is 2. The first-order valence-corrected chi connectivity index (χ1v) is 6.04. The Morgan fingerprint density at radius 3 is 2.58 bits per heavy atom. The Hall–Kier alpha value is -1.98. The number of urea groups is 1. The van der Waals surface area contributed by atoms with Crippen molar-refractivity contribution in [3.05, 3.63) is 29.8 Å². The van der Waals surface area contributed by atoms with Crippen molar-refractivity contribution in [1.82, 2.24) is 4.90 Å². The Balaban J connectivity index is 2.42. The molecule has 0 saturated carbocycles. The first kappa shape index (κ1) is 13.5. The van der Waals surface area contributed by atoms with Crippen molar-refractivity contribution in [2.45, 2.75) is 26.3 Å². The van der Waals surface area contributed by atoms with Gasteiger partial charge in [0, 0.05) is 25.1 Å². The predicted molar refractivity (Wildman–Crippen MR) is 65.7 cm³/mol. The number of rotatable bonds is 2. The van der Waals surface area contributed by atoms with Crippen LogP contribution in [0.25, 0.3) is 0 Å². The standard InChI is InChI=1S/C13H14F2N2O2/c1-3-16-8(2)6-12(18)17(13(16)19)11-5-4-9(14)7-10(11)15/h4-5,7-8H,3,6H2,1-2H3. The van der Waals surface area contributed by atoms with E-state index in [4.69, 9.17) is 0 Å². The summed E-state index contributed by atoms with van der Waals surface area (Å²) in [5, 5.41) is 0. The highest BCUT2D eigenvalue weighted by Gasteiger charge is 2.37. The molecule has 0 spiro atoms. The second-order valence-electron chi connectivity index (χ2n) is 4.45. The van der Waals surface area contributed by atoms with Crippen LogP contribution in [-0.4, -0.2) is 29.4 Å². The Kier molecular flexibility index (Phi) is 3.50. The quantitative estimate of drug-likeness (QED) is 0.827. The number of benzene rings is 1. The van der Waals surface area contributed by atoms with Gasteiger partial charge in [-0.15, -0.1) is 0 Å². The van der Waals surface area contributed by atoms with E-state index in [-0.39, 0.29) is 18.2 Å². The molecule has 6 heteroatoms. The van der Waals surface area contributed by atoms with E-state index in [1.165, 1.54) is 4.90 Å². The van der Waals surface area contributed by atoms with E-state index in [1.807, 2.05) is 0 Å². The maximum absolute atomic E-state index is 13.7. The van der Waals surface area contributed by atoms with Gasteiger partial charge in [-0.1, -0.05) is 0 Å². The monoisotopic (exact) mass is 268 g/mol. The van der Waals surface area contributed by atoms with Gasteiger partial charge in [0.15, 0.2) is 0 Å². The SMILES string of the molecule is CCN1C(=O)N(c2ccc(F)cc2F)C(=O)CC1C. The summed E-state index contributed by atoms with van der Waals surface area (Å²) in [7, 11) is 0. The number of anilines is 1. The van der Waals surface area contributed by atoms with Gasteiger partial charge in [-0.25, -0.2) is 18.5 Å². The van der Waals surface area contributed by atoms with Crippen molar-refractivity contribution in [3.63, 3.8) is 0 Å². The topological polar surface area (TPSA) is 40.6 Å². The van der Waals surface area contributed by atoms with Crippen LogP contribution in [0.4, 0.5) is 19.3 Å². The zero-order valence-electron chi connectivity index (χ0n) is 10.7. The molecule has 1 aliphatic rings. The molecule has 1 aromatic rings. The van der Waals surface area contributed by atoms with Crippen LogP contribution in [0.3, 0.4) is 0 Å². The van der Waals surface area contributed by atoms with Crippen LogP contribution in [-0.2, 0) is 4.79 Å². The van der Waals surface area contributed by atoms with Gasteiger partial charge in [0.2, 0.25) is 5.91 Å². The molecule has 2 rings (SSSR count). The number of halogens is 2. The summed E-state index contributed by atoms with van der Waals surface area (Å²) in [4.78, 5) is 26.4. The van der Waals surface area contributed by atoms with Crippen molar-refractivity contribution < 1.29 is 18.4 Å². The molecule has 0 aromatic heterocycles. The van der Waals surface area contributed by atoms with E-state index < -0.39 is 23.6 Å². The van der Waals surface area contributed by atoms with Gasteiger partial charge in [-0.2, -0.15) is 0 Å². The first-order chi connectivity index (χ1) is 8.95. The van der Waals surface area contributed by atoms with E-state index in [9.17, 15) is 18.4 Å². The number of hydrogen-bond acceptors (Lipinski definition) is 2. The smallest absolute Gasteiger partial charge is 0.321 e. The van der Waals surface area contributed by atoms with Crippen molar-refractivity contribution in [2.24, 2.45) is 0 Å². The Morgan fingerprint density at radius 2 is 2.00 bits per heavy atom. The summed E-state index contributed by atoms with van der Waals surface area (Å²) >= 11 is 0. The summed E-state index contributed by atoms with van der Waals surface area (Å²) in [6.45, 7) is 3.97. The third kappa shape index (κ3) is 2.30. The van der Waals surface area contributed by atoms with Gasteiger partial charge in [0.05, 0.1) is 5.69 Å². The molecule has 0 bridgehead atoms. The molecule has 1 atom stereocenters. The second-order valence-corrected chi connectivity index (χ2v) is 4.45. The van der Waals surface area contributed by atoms with E-state index >= 15 is 0 Å². The Morgan fingerprint density at radius 1 is 1.32 bits per heavy atom. The van der Waals surface area contributed by atoms with Gasteiger partial charge < -0.3 is 4.90 Å². The fourth-order valence-electron chi connectivity index (χ4n) is 2.22. The minimum Gasteiger partial charge on any atom is -0.321 e. The minimum absolute atomic E-state index is 0.121. The molecule has 0 N–H and O–H groups in total. The average Bonchev–Trinajstić information content (AvgIpc) is 2.31. The van der Waals surface area contributed by atoms with Crippen LogP contribution in [0.15, 0.2) is 18.2 Å². The highest BCUT2D eigenvalue weighted by Crippen LogP contribution is 2.26. The van der Waals surface area contributed by atoms with Gasteiger partial charge in [-0.3, -0.25) is 4.79 Å². The molecule has 4 nitrogen and oxygen atoms in total. The van der Waals surface area contributed by atoms with Crippen LogP contribution in [0.2, 0.25) is 0 Å². The highest BCUT2D eigenvalue weighted by molar-refractivity contribution is 6.16. The number of hydrogen-bond donors (Lipinski definition) is 0. The van der Waals surface area contributed by atoms with E-state index in [2.05, 4.69) is 0 Å². The van der Waals surface area contributed by atoms with E-state index in [0.717, 1.165) is 17.0 Å². The van der Waals surface area contributed by atoms with Gasteiger partial charge in [-0.05, 0) is 26.0 Å². The molecule has 1 fully saturated rings. The van der Waals surface area contributed by atoms with Crippen molar-refractivity contribution in [3.8, 4) is 0 Å². The molecule has 0 aliphatic carbocycles. The van der Waals surface area contributed by atoms with Gasteiger partial charge >= 0.3 is 6.03 Å². The van der Waals surface area contributed by atoms with Crippen LogP contribution in [0.1, 0.15) is 20.3 Å². The molecule has 19 heavy (non-hydrogen) atoms.